The van der Waals surface area contributed by atoms with Gasteiger partial charge in [-0.05, 0) is 75.6 Å². The van der Waals surface area contributed by atoms with Crippen LogP contribution in [0.25, 0.3) is 0 Å². The van der Waals surface area contributed by atoms with Crippen molar-refractivity contribution in [3.05, 3.63) is 74.7 Å². The molecule has 0 spiro atoms. The van der Waals surface area contributed by atoms with Gasteiger partial charge in [0.2, 0.25) is 0 Å². The van der Waals surface area contributed by atoms with Gasteiger partial charge in [0.25, 0.3) is 11.8 Å². The van der Waals surface area contributed by atoms with Crippen LogP contribution in [0.5, 0.6) is 5.75 Å². The zero-order valence-corrected chi connectivity index (χ0v) is 19.0. The van der Waals surface area contributed by atoms with E-state index in [1.54, 1.807) is 6.21 Å². The van der Waals surface area contributed by atoms with Gasteiger partial charge in [-0.2, -0.15) is 10.1 Å². The van der Waals surface area contributed by atoms with Crippen LogP contribution in [-0.4, -0.2) is 23.0 Å². The van der Waals surface area contributed by atoms with Crippen molar-refractivity contribution in [1.29, 1.82) is 0 Å². The number of carbonyl (C=O) groups is 2. The number of amides is 2. The molecule has 1 aliphatic heterocycles. The molecule has 30 heavy (non-hydrogen) atoms. The molecule has 0 N–H and O–H groups in total. The van der Waals surface area contributed by atoms with Gasteiger partial charge in [0.1, 0.15) is 12.4 Å². The minimum atomic E-state index is -0.231. The molecule has 1 heterocycles. The average Bonchev–Trinajstić information content (AvgIpc) is 3.41. The number of ether oxygens (including phenoxy) is 1. The number of carbonyl (C=O) groups excluding carboxylic acids is 2. The first-order valence-corrected chi connectivity index (χ1v) is 11.4. The van der Waals surface area contributed by atoms with Crippen LogP contribution in [0.1, 0.15) is 17.5 Å². The van der Waals surface area contributed by atoms with E-state index in [0.717, 1.165) is 31.5 Å². The van der Waals surface area contributed by atoms with Crippen molar-refractivity contribution in [1.82, 2.24) is 5.01 Å². The van der Waals surface area contributed by atoms with E-state index in [9.17, 15) is 9.59 Å². The molecular formula is C23H18Br2N2O3. The van der Waals surface area contributed by atoms with Crippen LogP contribution in [-0.2, 0) is 16.2 Å². The van der Waals surface area contributed by atoms with Crippen LogP contribution >= 0.6 is 31.9 Å². The first-order valence-electron chi connectivity index (χ1n) is 9.78. The maximum absolute atomic E-state index is 12.7. The molecule has 1 saturated carbocycles. The maximum atomic E-state index is 12.7. The lowest BCUT2D eigenvalue weighted by Gasteiger charge is -2.13. The number of halogens is 2. The van der Waals surface area contributed by atoms with Crippen molar-refractivity contribution in [2.24, 2.45) is 28.8 Å². The van der Waals surface area contributed by atoms with Crippen LogP contribution in [0, 0.1) is 23.7 Å². The van der Waals surface area contributed by atoms with Crippen LogP contribution in [0.2, 0.25) is 0 Å². The van der Waals surface area contributed by atoms with Crippen molar-refractivity contribution >= 4 is 49.9 Å². The Morgan fingerprint density at radius 3 is 2.30 bits per heavy atom. The highest BCUT2D eigenvalue weighted by atomic mass is 79.9. The lowest BCUT2D eigenvalue weighted by atomic mass is 9.85. The second kappa shape index (κ2) is 7.78. The molecule has 2 bridgehead atoms. The van der Waals surface area contributed by atoms with E-state index in [1.165, 1.54) is 0 Å². The molecule has 7 heteroatoms. The van der Waals surface area contributed by atoms with Gasteiger partial charge >= 0.3 is 0 Å². The Hall–Kier alpha value is -2.25. The summed E-state index contributed by atoms with van der Waals surface area (Å²) >= 11 is 6.94. The largest absolute Gasteiger partial charge is 0.488 e. The number of nitrogens with zero attached hydrogens (tertiary/aromatic N) is 2. The summed E-state index contributed by atoms with van der Waals surface area (Å²) < 4.78 is 7.68. The summed E-state index contributed by atoms with van der Waals surface area (Å²) in [6.07, 6.45) is 6.62. The molecule has 0 radical (unpaired) electrons. The maximum Gasteiger partial charge on any atom is 0.254 e. The summed E-state index contributed by atoms with van der Waals surface area (Å²) in [6, 6.07) is 13.5. The lowest BCUT2D eigenvalue weighted by Crippen LogP contribution is -2.28. The van der Waals surface area contributed by atoms with E-state index in [1.807, 2.05) is 42.5 Å². The van der Waals surface area contributed by atoms with Crippen LogP contribution in [0.3, 0.4) is 0 Å². The number of allylic oxidation sites excluding steroid dienone is 2. The highest BCUT2D eigenvalue weighted by Gasteiger charge is 2.59. The second-order valence-corrected chi connectivity index (χ2v) is 9.61. The molecule has 2 aromatic carbocycles. The molecule has 0 aromatic heterocycles. The fourth-order valence-corrected chi connectivity index (χ4v) is 5.36. The summed E-state index contributed by atoms with van der Waals surface area (Å²) in [4.78, 5) is 25.4. The molecule has 2 aliphatic carbocycles. The number of imide groups is 1. The molecule has 5 nitrogen and oxygen atoms in total. The molecule has 2 amide bonds. The second-order valence-electron chi connectivity index (χ2n) is 7.84. The standard InChI is InChI=1S/C23H18Br2N2O3/c24-17-6-1-13(2-7-17)12-30-19-8-3-14(9-18(19)25)11-26-27-22(28)20-15-4-5-16(10-15)21(20)23(27)29/h1-9,11,15-16,20-21H,10,12H2/b26-11-/t15-,16-,20-,21+/m0/s1. The summed E-state index contributed by atoms with van der Waals surface area (Å²) in [7, 11) is 0. The number of rotatable bonds is 5. The molecule has 1 saturated heterocycles. The molecule has 2 aromatic rings. The van der Waals surface area contributed by atoms with Gasteiger partial charge in [-0.25, -0.2) is 0 Å². The van der Waals surface area contributed by atoms with E-state index < -0.39 is 0 Å². The zero-order chi connectivity index (χ0) is 20.8. The average molecular weight is 530 g/mol. The smallest absolute Gasteiger partial charge is 0.254 e. The topological polar surface area (TPSA) is 59.0 Å². The molecule has 4 atom stereocenters. The Morgan fingerprint density at radius 2 is 1.67 bits per heavy atom. The monoisotopic (exact) mass is 528 g/mol. The molecule has 152 valence electrons. The molecule has 3 aliphatic rings. The molecule has 2 fully saturated rings. The summed E-state index contributed by atoms with van der Waals surface area (Å²) in [6.45, 7) is 0.454. The Bertz CT molecular complexity index is 1050. The van der Waals surface area contributed by atoms with E-state index in [-0.39, 0.29) is 35.5 Å². The summed E-state index contributed by atoms with van der Waals surface area (Å²) in [5.74, 6) is 0.274. The predicted molar refractivity (Wildman–Crippen MR) is 120 cm³/mol. The van der Waals surface area contributed by atoms with Gasteiger partial charge in [-0.15, -0.1) is 0 Å². The summed E-state index contributed by atoms with van der Waals surface area (Å²) in [5, 5.41) is 5.29. The first kappa shape index (κ1) is 19.7. The third kappa shape index (κ3) is 3.44. The minimum absolute atomic E-state index is 0.174. The van der Waals surface area contributed by atoms with E-state index in [2.05, 4.69) is 49.1 Å². The van der Waals surface area contributed by atoms with E-state index >= 15 is 0 Å². The minimum Gasteiger partial charge on any atom is -0.488 e. The number of hydrogen-bond acceptors (Lipinski definition) is 4. The van der Waals surface area contributed by atoms with Gasteiger partial charge in [0, 0.05) is 4.47 Å². The third-order valence-electron chi connectivity index (χ3n) is 6.03. The number of benzene rings is 2. The normalized spacial score (nSPS) is 26.8. The zero-order valence-electron chi connectivity index (χ0n) is 15.9. The Labute approximate surface area is 191 Å². The van der Waals surface area contributed by atoms with Crippen molar-refractivity contribution in [2.45, 2.75) is 13.0 Å². The molecular weight excluding hydrogens is 512 g/mol. The fraction of sp³-hybridized carbons (Fsp3) is 0.261. The van der Waals surface area contributed by atoms with Crippen molar-refractivity contribution < 1.29 is 14.3 Å². The third-order valence-corrected chi connectivity index (χ3v) is 7.18. The van der Waals surface area contributed by atoms with Gasteiger partial charge in [-0.1, -0.05) is 40.2 Å². The van der Waals surface area contributed by atoms with Crippen molar-refractivity contribution in [3.63, 3.8) is 0 Å². The van der Waals surface area contributed by atoms with Gasteiger partial charge in [0.15, 0.2) is 0 Å². The predicted octanol–water partition coefficient (Wildman–Crippen LogP) is 4.93. The van der Waals surface area contributed by atoms with E-state index in [0.29, 0.717) is 12.4 Å². The molecule has 0 unspecified atom stereocenters. The number of hydrazone groups is 1. The van der Waals surface area contributed by atoms with Crippen LogP contribution in [0.4, 0.5) is 0 Å². The fourth-order valence-electron chi connectivity index (χ4n) is 4.58. The van der Waals surface area contributed by atoms with Crippen LogP contribution in [0.15, 0.2) is 68.7 Å². The number of hydrogen-bond donors (Lipinski definition) is 0. The van der Waals surface area contributed by atoms with Gasteiger partial charge in [-0.3, -0.25) is 9.59 Å². The Morgan fingerprint density at radius 1 is 1.00 bits per heavy atom. The highest BCUT2D eigenvalue weighted by Crippen LogP contribution is 2.52. The van der Waals surface area contributed by atoms with Gasteiger partial charge in [0.05, 0.1) is 22.5 Å². The first-order chi connectivity index (χ1) is 14.5. The van der Waals surface area contributed by atoms with Crippen molar-refractivity contribution in [2.75, 3.05) is 0 Å². The van der Waals surface area contributed by atoms with E-state index in [4.69, 9.17) is 4.74 Å². The molecule has 5 rings (SSSR count). The quantitative estimate of drug-likeness (QED) is 0.313. The lowest BCUT2D eigenvalue weighted by molar-refractivity contribution is -0.140. The van der Waals surface area contributed by atoms with Gasteiger partial charge < -0.3 is 4.74 Å². The Balaban J connectivity index is 1.26. The van der Waals surface area contributed by atoms with Crippen LogP contribution < -0.4 is 4.74 Å². The highest BCUT2D eigenvalue weighted by molar-refractivity contribution is 9.10. The summed E-state index contributed by atoms with van der Waals surface area (Å²) in [5.41, 5.74) is 1.84. The number of fused-ring (bicyclic) bond motifs is 5. The SMILES string of the molecule is O=C1[C@@H]2[C@H](C(=O)N1/N=C\c1ccc(OCc3ccc(Br)cc3)c(Br)c1)[C@H]1C=C[C@H]2C1. The van der Waals surface area contributed by atoms with Crippen molar-refractivity contribution in [3.8, 4) is 5.75 Å². The Kier molecular flexibility index (Phi) is 5.11.